The van der Waals surface area contributed by atoms with Gasteiger partial charge in [0, 0.05) is 6.04 Å². The van der Waals surface area contributed by atoms with E-state index in [1.54, 1.807) is 6.92 Å². The number of carbonyl (C=O) groups excluding carboxylic acids is 3. The zero-order chi connectivity index (χ0) is 16.6. The minimum atomic E-state index is -0.774. The van der Waals surface area contributed by atoms with Crippen LogP contribution in [-0.4, -0.2) is 53.5 Å². The van der Waals surface area contributed by atoms with Gasteiger partial charge in [-0.2, -0.15) is 0 Å². The van der Waals surface area contributed by atoms with Crippen molar-refractivity contribution in [2.24, 2.45) is 5.92 Å². The fraction of sp³-hybridized carbons (Fsp3) is 0.812. The molecule has 0 aromatic carbocycles. The highest BCUT2D eigenvalue weighted by Crippen LogP contribution is 2.35. The van der Waals surface area contributed by atoms with Gasteiger partial charge in [-0.25, -0.2) is 9.69 Å². The van der Waals surface area contributed by atoms with Gasteiger partial charge in [-0.15, -0.1) is 0 Å². The second-order valence-electron chi connectivity index (χ2n) is 7.16. The van der Waals surface area contributed by atoms with Crippen LogP contribution < -0.4 is 16.0 Å². The summed E-state index contributed by atoms with van der Waals surface area (Å²) in [6, 6.07) is -1.12. The van der Waals surface area contributed by atoms with E-state index >= 15 is 0 Å². The molecule has 3 fully saturated rings. The molecule has 3 atom stereocenters. The Morgan fingerprint density at radius 2 is 2.04 bits per heavy atom. The topological polar surface area (TPSA) is 90.5 Å². The summed E-state index contributed by atoms with van der Waals surface area (Å²) in [5.41, 5.74) is -0.756. The van der Waals surface area contributed by atoms with E-state index in [-0.39, 0.29) is 17.9 Å². The number of rotatable bonds is 3. The van der Waals surface area contributed by atoms with Gasteiger partial charge in [0.2, 0.25) is 5.91 Å². The maximum absolute atomic E-state index is 12.7. The Morgan fingerprint density at radius 1 is 1.35 bits per heavy atom. The van der Waals surface area contributed by atoms with E-state index in [2.05, 4.69) is 22.9 Å². The molecule has 3 aliphatic rings. The number of nitrogens with zero attached hydrogens (tertiary/aromatic N) is 1. The molecule has 2 aliphatic heterocycles. The molecule has 2 heterocycles. The number of amides is 4. The van der Waals surface area contributed by atoms with Crippen molar-refractivity contribution in [2.45, 2.75) is 63.6 Å². The van der Waals surface area contributed by atoms with Gasteiger partial charge in [-0.1, -0.05) is 19.8 Å². The maximum Gasteiger partial charge on any atom is 0.325 e. The molecule has 3 unspecified atom stereocenters. The zero-order valence-electron chi connectivity index (χ0n) is 13.9. The molecule has 7 heteroatoms. The number of hydrogen-bond acceptors (Lipinski definition) is 4. The molecule has 3 N–H and O–H groups in total. The normalized spacial score (nSPS) is 31.3. The highest BCUT2D eigenvalue weighted by atomic mass is 16.2. The Labute approximate surface area is 136 Å². The summed E-state index contributed by atoms with van der Waals surface area (Å²) in [5.74, 6) is -0.146. The molecule has 3 rings (SSSR count). The number of imide groups is 1. The highest BCUT2D eigenvalue weighted by Gasteiger charge is 2.54. The summed E-state index contributed by atoms with van der Waals surface area (Å²) in [4.78, 5) is 38.6. The summed E-state index contributed by atoms with van der Waals surface area (Å²) in [5, 5.41) is 9.13. The lowest BCUT2D eigenvalue weighted by Gasteiger charge is -2.32. The van der Waals surface area contributed by atoms with Gasteiger partial charge in [0.25, 0.3) is 5.91 Å². The molecule has 0 aromatic heterocycles. The second kappa shape index (κ2) is 6.11. The van der Waals surface area contributed by atoms with Gasteiger partial charge in [0.15, 0.2) is 0 Å². The van der Waals surface area contributed by atoms with Crippen molar-refractivity contribution in [3.05, 3.63) is 0 Å². The van der Waals surface area contributed by atoms with Crippen LogP contribution in [0.4, 0.5) is 4.79 Å². The fourth-order valence-corrected chi connectivity index (χ4v) is 3.96. The van der Waals surface area contributed by atoms with E-state index in [1.807, 2.05) is 0 Å². The first-order chi connectivity index (χ1) is 10.9. The first-order valence-corrected chi connectivity index (χ1v) is 8.61. The fourth-order valence-electron chi connectivity index (χ4n) is 3.96. The van der Waals surface area contributed by atoms with Crippen molar-refractivity contribution in [1.29, 1.82) is 0 Å². The van der Waals surface area contributed by atoms with E-state index in [0.29, 0.717) is 18.8 Å². The van der Waals surface area contributed by atoms with Crippen molar-refractivity contribution in [3.8, 4) is 0 Å². The third kappa shape index (κ3) is 2.82. The summed E-state index contributed by atoms with van der Waals surface area (Å²) in [6.45, 7) is 5.46. The average Bonchev–Trinajstić information content (AvgIpc) is 3.07. The molecule has 0 radical (unpaired) electrons. The first kappa shape index (κ1) is 16.2. The lowest BCUT2D eigenvalue weighted by atomic mass is 9.95. The van der Waals surface area contributed by atoms with Gasteiger partial charge < -0.3 is 16.0 Å². The van der Waals surface area contributed by atoms with Crippen LogP contribution in [0, 0.1) is 5.92 Å². The molecule has 0 bridgehead atoms. The van der Waals surface area contributed by atoms with Gasteiger partial charge in [-0.05, 0) is 45.2 Å². The molecular weight excluding hydrogens is 296 g/mol. The van der Waals surface area contributed by atoms with Crippen molar-refractivity contribution < 1.29 is 14.4 Å². The zero-order valence-corrected chi connectivity index (χ0v) is 13.9. The minimum absolute atomic E-state index is 0.0902. The Balaban J connectivity index is 1.67. The highest BCUT2D eigenvalue weighted by molar-refractivity contribution is 6.09. The molecule has 23 heavy (non-hydrogen) atoms. The third-order valence-corrected chi connectivity index (χ3v) is 5.53. The van der Waals surface area contributed by atoms with Gasteiger partial charge in [-0.3, -0.25) is 9.59 Å². The van der Waals surface area contributed by atoms with Crippen LogP contribution in [0.3, 0.4) is 0 Å². The summed E-state index contributed by atoms with van der Waals surface area (Å²) < 4.78 is 0. The number of urea groups is 1. The van der Waals surface area contributed by atoms with Crippen LogP contribution in [0.15, 0.2) is 0 Å². The van der Waals surface area contributed by atoms with E-state index in [1.165, 1.54) is 0 Å². The molecular formula is C16H26N4O3. The average molecular weight is 322 g/mol. The molecule has 1 aliphatic carbocycles. The summed E-state index contributed by atoms with van der Waals surface area (Å²) >= 11 is 0. The SMILES string of the molecule is CC1CNCCC1NC(=O)C(C)N1C(=O)NC2(CCCC2)C1=O. The molecule has 2 saturated heterocycles. The molecule has 1 saturated carbocycles. The Kier molecular flexibility index (Phi) is 4.31. The van der Waals surface area contributed by atoms with Gasteiger partial charge in [0.05, 0.1) is 0 Å². The largest absolute Gasteiger partial charge is 0.351 e. The number of carbonyl (C=O) groups is 3. The lowest BCUT2D eigenvalue weighted by molar-refractivity contribution is -0.138. The van der Waals surface area contributed by atoms with Crippen molar-refractivity contribution in [2.75, 3.05) is 13.1 Å². The second-order valence-corrected chi connectivity index (χ2v) is 7.16. The van der Waals surface area contributed by atoms with Crippen LogP contribution in [0.5, 0.6) is 0 Å². The first-order valence-electron chi connectivity index (χ1n) is 8.61. The molecule has 7 nitrogen and oxygen atoms in total. The monoisotopic (exact) mass is 322 g/mol. The molecule has 0 aromatic rings. The van der Waals surface area contributed by atoms with Crippen molar-refractivity contribution >= 4 is 17.8 Å². The predicted octanol–water partition coefficient (Wildman–Crippen LogP) is 0.354. The lowest BCUT2D eigenvalue weighted by Crippen LogP contribution is -2.55. The van der Waals surface area contributed by atoms with Gasteiger partial charge in [0.1, 0.15) is 11.6 Å². The van der Waals surface area contributed by atoms with Crippen LogP contribution in [0.1, 0.15) is 46.0 Å². The number of hydrogen-bond donors (Lipinski definition) is 3. The molecule has 128 valence electrons. The van der Waals surface area contributed by atoms with E-state index in [0.717, 1.165) is 37.3 Å². The quantitative estimate of drug-likeness (QED) is 0.654. The van der Waals surface area contributed by atoms with E-state index in [4.69, 9.17) is 0 Å². The number of nitrogens with one attached hydrogen (secondary N) is 3. The Hall–Kier alpha value is -1.63. The van der Waals surface area contributed by atoms with Gasteiger partial charge >= 0.3 is 6.03 Å². The van der Waals surface area contributed by atoms with Crippen molar-refractivity contribution in [1.82, 2.24) is 20.9 Å². The maximum atomic E-state index is 12.7. The molecule has 4 amide bonds. The smallest absolute Gasteiger partial charge is 0.325 e. The Morgan fingerprint density at radius 3 is 2.70 bits per heavy atom. The predicted molar refractivity (Wildman–Crippen MR) is 84.6 cm³/mol. The van der Waals surface area contributed by atoms with Crippen LogP contribution in [0.2, 0.25) is 0 Å². The van der Waals surface area contributed by atoms with E-state index in [9.17, 15) is 14.4 Å². The van der Waals surface area contributed by atoms with E-state index < -0.39 is 17.6 Å². The Bertz CT molecular complexity index is 515. The van der Waals surface area contributed by atoms with Crippen LogP contribution in [-0.2, 0) is 9.59 Å². The number of piperidine rings is 1. The minimum Gasteiger partial charge on any atom is -0.351 e. The third-order valence-electron chi connectivity index (χ3n) is 5.53. The van der Waals surface area contributed by atoms with Crippen molar-refractivity contribution in [3.63, 3.8) is 0 Å². The summed E-state index contributed by atoms with van der Waals surface area (Å²) in [7, 11) is 0. The summed E-state index contributed by atoms with van der Waals surface area (Å²) in [6.07, 6.45) is 4.09. The van der Waals surface area contributed by atoms with Crippen LogP contribution in [0.25, 0.3) is 0 Å². The molecule has 1 spiro atoms. The van der Waals surface area contributed by atoms with Crippen LogP contribution >= 0.6 is 0 Å². The standard InChI is InChI=1S/C16H26N4O3/c1-10-9-17-8-5-12(10)18-13(21)11(2)20-14(22)16(19-15(20)23)6-3-4-7-16/h10-12,17H,3-9H2,1-2H3,(H,18,21)(H,19,23).